The second kappa shape index (κ2) is 10.9. The highest BCUT2D eigenvalue weighted by atomic mass is 16.8. The van der Waals surface area contributed by atoms with E-state index in [1.165, 1.54) is 41.2 Å². The Hall–Kier alpha value is -3.47. The summed E-state index contributed by atoms with van der Waals surface area (Å²) in [6.07, 6.45) is -0.677. The van der Waals surface area contributed by atoms with E-state index in [1.807, 2.05) is 0 Å². The molecular formula is C20H25N5O5. The van der Waals surface area contributed by atoms with Gasteiger partial charge < -0.3 is 9.94 Å². The Bertz CT molecular complexity index is 871. The summed E-state index contributed by atoms with van der Waals surface area (Å²) in [6.45, 7) is 5.30. The lowest BCUT2D eigenvalue weighted by Gasteiger charge is -2.32. The summed E-state index contributed by atoms with van der Waals surface area (Å²) in [7, 11) is 0. The molecule has 160 valence electrons. The third-order valence-corrected chi connectivity index (χ3v) is 4.01. The van der Waals surface area contributed by atoms with Crippen LogP contribution in [0.5, 0.6) is 0 Å². The first kappa shape index (κ1) is 22.8. The number of hydrazone groups is 1. The van der Waals surface area contributed by atoms with Crippen molar-refractivity contribution in [3.05, 3.63) is 59.8 Å². The van der Waals surface area contributed by atoms with Crippen molar-refractivity contribution in [3.63, 3.8) is 0 Å². The van der Waals surface area contributed by atoms with E-state index in [9.17, 15) is 14.8 Å². The third-order valence-electron chi connectivity index (χ3n) is 4.01. The zero-order valence-corrected chi connectivity index (χ0v) is 17.0. The van der Waals surface area contributed by atoms with E-state index in [2.05, 4.69) is 10.5 Å². The normalized spacial score (nSPS) is 12.1. The van der Waals surface area contributed by atoms with Gasteiger partial charge in [-0.1, -0.05) is 18.2 Å². The maximum absolute atomic E-state index is 13.0. The minimum absolute atomic E-state index is 0.101. The molecule has 0 saturated heterocycles. The number of ether oxygens (including phenoxy) is 1. The van der Waals surface area contributed by atoms with Gasteiger partial charge in [-0.05, 0) is 45.0 Å². The molecule has 0 aliphatic rings. The van der Waals surface area contributed by atoms with Crippen LogP contribution < -0.4 is 15.7 Å². The molecule has 0 heterocycles. The average molecular weight is 415 g/mol. The van der Waals surface area contributed by atoms with Crippen molar-refractivity contribution in [2.75, 3.05) is 23.6 Å². The number of rotatable bonds is 7. The molecular weight excluding hydrogens is 390 g/mol. The Balaban J connectivity index is 2.22. The SMILES string of the molecule is CCOC(=O)N(c1ccccc1)N(CC)C(=O)/C(C)=N/Nc1ccc([NH+]([O-])O)cc1. The van der Waals surface area contributed by atoms with Gasteiger partial charge >= 0.3 is 6.09 Å². The van der Waals surface area contributed by atoms with Gasteiger partial charge in [0.15, 0.2) is 5.69 Å². The highest BCUT2D eigenvalue weighted by molar-refractivity contribution is 6.38. The lowest BCUT2D eigenvalue weighted by molar-refractivity contribution is -0.991. The van der Waals surface area contributed by atoms with Gasteiger partial charge in [-0.3, -0.25) is 10.2 Å². The fourth-order valence-corrected chi connectivity index (χ4v) is 2.54. The van der Waals surface area contributed by atoms with Gasteiger partial charge in [0.05, 0.1) is 18.0 Å². The van der Waals surface area contributed by atoms with Crippen LogP contribution in [0, 0.1) is 5.21 Å². The van der Waals surface area contributed by atoms with Gasteiger partial charge in [-0.15, -0.1) is 0 Å². The Morgan fingerprint density at radius 1 is 1.13 bits per heavy atom. The van der Waals surface area contributed by atoms with Crippen LogP contribution in [0.1, 0.15) is 20.8 Å². The molecule has 10 nitrogen and oxygen atoms in total. The minimum atomic E-state index is -1.03. The summed E-state index contributed by atoms with van der Waals surface area (Å²) in [5.41, 5.74) is 3.96. The lowest BCUT2D eigenvalue weighted by atomic mass is 10.3. The summed E-state index contributed by atoms with van der Waals surface area (Å²) < 4.78 is 5.12. The van der Waals surface area contributed by atoms with Gasteiger partial charge in [0, 0.05) is 18.7 Å². The van der Waals surface area contributed by atoms with Crippen molar-refractivity contribution < 1.29 is 24.8 Å². The van der Waals surface area contributed by atoms with E-state index >= 15 is 0 Å². The summed E-state index contributed by atoms with van der Waals surface area (Å²) in [4.78, 5) is 25.5. The first-order chi connectivity index (χ1) is 14.4. The number of carbonyl (C=O) groups excluding carboxylic acids is 2. The molecule has 1 unspecified atom stereocenters. The number of carbonyl (C=O) groups is 2. The van der Waals surface area contributed by atoms with Crippen molar-refractivity contribution in [1.82, 2.24) is 5.01 Å². The molecule has 30 heavy (non-hydrogen) atoms. The molecule has 2 rings (SSSR count). The molecule has 1 atom stereocenters. The predicted octanol–water partition coefficient (Wildman–Crippen LogP) is 2.30. The van der Waals surface area contributed by atoms with Gasteiger partial charge in [0.1, 0.15) is 5.71 Å². The predicted molar refractivity (Wildman–Crippen MR) is 112 cm³/mol. The smallest absolute Gasteiger partial charge is 0.433 e. The summed E-state index contributed by atoms with van der Waals surface area (Å²) >= 11 is 0. The average Bonchev–Trinajstić information content (AvgIpc) is 2.76. The number of amides is 2. The third kappa shape index (κ3) is 5.77. The zero-order valence-electron chi connectivity index (χ0n) is 17.0. The molecule has 2 amide bonds. The van der Waals surface area contributed by atoms with Crippen LogP contribution in [0.15, 0.2) is 59.7 Å². The van der Waals surface area contributed by atoms with Crippen LogP contribution in [0.25, 0.3) is 0 Å². The van der Waals surface area contributed by atoms with Crippen molar-refractivity contribution >= 4 is 34.8 Å². The number of nitrogens with one attached hydrogen (secondary N) is 2. The van der Waals surface area contributed by atoms with Gasteiger partial charge in [0.2, 0.25) is 0 Å². The number of para-hydroxylation sites is 1. The van der Waals surface area contributed by atoms with E-state index in [4.69, 9.17) is 9.94 Å². The van der Waals surface area contributed by atoms with E-state index in [0.29, 0.717) is 11.4 Å². The molecule has 2 aromatic rings. The zero-order chi connectivity index (χ0) is 22.1. The van der Waals surface area contributed by atoms with Gasteiger partial charge in [-0.25, -0.2) is 15.0 Å². The Labute approximate surface area is 174 Å². The fourth-order valence-electron chi connectivity index (χ4n) is 2.54. The first-order valence-electron chi connectivity index (χ1n) is 9.36. The van der Waals surface area contributed by atoms with Gasteiger partial charge in [0.25, 0.3) is 5.91 Å². The van der Waals surface area contributed by atoms with Crippen LogP contribution in [0.2, 0.25) is 0 Å². The van der Waals surface area contributed by atoms with Crippen molar-refractivity contribution in [3.8, 4) is 0 Å². The molecule has 0 aliphatic heterocycles. The molecule has 10 heteroatoms. The second-order valence-corrected chi connectivity index (χ2v) is 6.06. The Morgan fingerprint density at radius 2 is 1.77 bits per heavy atom. The van der Waals surface area contributed by atoms with Crippen LogP contribution in [0.3, 0.4) is 0 Å². The molecule has 0 spiro atoms. The summed E-state index contributed by atoms with van der Waals surface area (Å²) in [5.74, 6) is -0.496. The number of quaternary nitrogens is 1. The largest absolute Gasteiger partial charge is 0.595 e. The monoisotopic (exact) mass is 415 g/mol. The van der Waals surface area contributed by atoms with E-state index < -0.39 is 17.2 Å². The number of hydrogen-bond donors (Lipinski definition) is 3. The van der Waals surface area contributed by atoms with Crippen LogP contribution >= 0.6 is 0 Å². The van der Waals surface area contributed by atoms with E-state index in [1.54, 1.807) is 44.2 Å². The Kier molecular flexibility index (Phi) is 8.29. The van der Waals surface area contributed by atoms with Crippen molar-refractivity contribution in [1.29, 1.82) is 0 Å². The van der Waals surface area contributed by atoms with Crippen molar-refractivity contribution in [2.45, 2.75) is 20.8 Å². The molecule has 0 saturated carbocycles. The molecule has 0 radical (unpaired) electrons. The number of anilines is 2. The summed E-state index contributed by atoms with van der Waals surface area (Å²) in [5, 5.41) is 25.3. The number of benzene rings is 2. The maximum Gasteiger partial charge on any atom is 0.433 e. The van der Waals surface area contributed by atoms with Crippen LogP contribution in [0.4, 0.5) is 21.9 Å². The molecule has 3 N–H and O–H groups in total. The van der Waals surface area contributed by atoms with E-state index in [-0.39, 0.29) is 24.6 Å². The number of hydrazine groups is 1. The van der Waals surface area contributed by atoms with Gasteiger partial charge in [-0.2, -0.15) is 15.3 Å². The maximum atomic E-state index is 13.0. The van der Waals surface area contributed by atoms with Crippen LogP contribution in [-0.4, -0.2) is 41.1 Å². The van der Waals surface area contributed by atoms with Crippen LogP contribution in [-0.2, 0) is 9.53 Å². The van der Waals surface area contributed by atoms with E-state index in [0.717, 1.165) is 0 Å². The highest BCUT2D eigenvalue weighted by Gasteiger charge is 2.29. The quantitative estimate of drug-likeness (QED) is 0.471. The first-order valence-corrected chi connectivity index (χ1v) is 9.36. The lowest BCUT2D eigenvalue weighted by Crippen LogP contribution is -2.99. The highest BCUT2D eigenvalue weighted by Crippen LogP contribution is 2.18. The standard InChI is InChI=1S/C20H25N5O5/c1-4-23(24(20(27)30-5-2)17-9-7-6-8-10-17)19(26)15(3)21-22-16-11-13-18(14-12-16)25(28)29/h6-14,22,25,28H,4-5H2,1-3H3/b21-15+. The molecule has 2 aromatic carbocycles. The fraction of sp³-hybridized carbons (Fsp3) is 0.250. The minimum Gasteiger partial charge on any atom is -0.595 e. The number of hydrogen-bond acceptors (Lipinski definition) is 7. The van der Waals surface area contributed by atoms with Crippen molar-refractivity contribution in [2.24, 2.45) is 5.10 Å². The molecule has 0 bridgehead atoms. The summed E-state index contributed by atoms with van der Waals surface area (Å²) in [6, 6.07) is 14.6. The second-order valence-electron chi connectivity index (χ2n) is 6.06. The number of nitrogens with zero attached hydrogens (tertiary/aromatic N) is 3. The molecule has 0 aliphatic carbocycles. The molecule has 0 fully saturated rings. The topological polar surface area (TPSA) is 122 Å². The molecule has 0 aromatic heterocycles. The Morgan fingerprint density at radius 3 is 2.30 bits per heavy atom.